The van der Waals surface area contributed by atoms with Gasteiger partial charge in [-0.2, -0.15) is 0 Å². The van der Waals surface area contributed by atoms with Gasteiger partial charge in [0.25, 0.3) is 0 Å². The molecule has 14 heavy (non-hydrogen) atoms. The minimum atomic E-state index is -0.405. The summed E-state index contributed by atoms with van der Waals surface area (Å²) < 4.78 is 6.33. The average Bonchev–Trinajstić information content (AvgIpc) is 1.99. The Labute approximate surface area is 93.6 Å². The van der Waals surface area contributed by atoms with Crippen molar-refractivity contribution in [3.63, 3.8) is 0 Å². The van der Waals surface area contributed by atoms with Gasteiger partial charge < -0.3 is 10.5 Å². The van der Waals surface area contributed by atoms with Gasteiger partial charge in [0, 0.05) is 15.6 Å². The predicted molar refractivity (Wildman–Crippen MR) is 62.6 cm³/mol. The van der Waals surface area contributed by atoms with Crippen LogP contribution in [-0.2, 0) is 5.54 Å². The molecule has 0 bridgehead atoms. The highest BCUT2D eigenvalue weighted by Crippen LogP contribution is 2.35. The second-order valence-electron chi connectivity index (χ2n) is 4.05. The van der Waals surface area contributed by atoms with Gasteiger partial charge in [0.2, 0.25) is 0 Å². The fourth-order valence-corrected chi connectivity index (χ4v) is 2.56. The van der Waals surface area contributed by atoms with E-state index in [0.29, 0.717) is 0 Å². The van der Waals surface area contributed by atoms with Crippen molar-refractivity contribution in [1.29, 1.82) is 0 Å². The van der Waals surface area contributed by atoms with Gasteiger partial charge in [0.05, 0.1) is 7.11 Å². The van der Waals surface area contributed by atoms with E-state index in [4.69, 9.17) is 10.5 Å². The zero-order valence-corrected chi connectivity index (χ0v) is 10.6. The molecule has 2 N–H and O–H groups in total. The summed E-state index contributed by atoms with van der Waals surface area (Å²) in [5.41, 5.74) is 7.83. The number of halogens is 1. The highest BCUT2D eigenvalue weighted by Gasteiger charge is 2.22. The maximum Gasteiger partial charge on any atom is 0.125 e. The molecule has 0 heterocycles. The zero-order chi connectivity index (χ0) is 10.9. The third-order valence-corrected chi connectivity index (χ3v) is 2.69. The molecule has 78 valence electrons. The molecule has 1 aromatic rings. The Morgan fingerprint density at radius 2 is 1.93 bits per heavy atom. The van der Waals surface area contributed by atoms with E-state index in [1.54, 1.807) is 7.11 Å². The van der Waals surface area contributed by atoms with Crippen molar-refractivity contribution in [2.45, 2.75) is 26.3 Å². The first kappa shape index (κ1) is 11.5. The van der Waals surface area contributed by atoms with Crippen LogP contribution in [-0.4, -0.2) is 7.11 Å². The molecule has 3 heteroatoms. The summed E-state index contributed by atoms with van der Waals surface area (Å²) in [5, 5.41) is 0. The molecule has 0 unspecified atom stereocenters. The molecular formula is C11H16BrNO. The first-order valence-electron chi connectivity index (χ1n) is 4.49. The molecule has 2 nitrogen and oxygen atoms in total. The standard InChI is InChI=1S/C11H16BrNO/c1-7-5-8(12)10(11(2,3)13)9(6-7)14-4/h5-6H,13H2,1-4H3. The van der Waals surface area contributed by atoms with Gasteiger partial charge in [-0.1, -0.05) is 15.9 Å². The summed E-state index contributed by atoms with van der Waals surface area (Å²) in [7, 11) is 1.66. The number of aryl methyl sites for hydroxylation is 1. The highest BCUT2D eigenvalue weighted by molar-refractivity contribution is 9.10. The summed E-state index contributed by atoms with van der Waals surface area (Å²) in [6, 6.07) is 4.04. The molecule has 0 fully saturated rings. The van der Waals surface area contributed by atoms with Gasteiger partial charge in [-0.25, -0.2) is 0 Å². The minimum absolute atomic E-state index is 0.405. The summed E-state index contributed by atoms with van der Waals surface area (Å²) in [4.78, 5) is 0. The van der Waals surface area contributed by atoms with Crippen molar-refractivity contribution in [1.82, 2.24) is 0 Å². The molecule has 0 saturated heterocycles. The molecule has 0 aliphatic heterocycles. The van der Waals surface area contributed by atoms with E-state index < -0.39 is 5.54 Å². The second-order valence-corrected chi connectivity index (χ2v) is 4.90. The lowest BCUT2D eigenvalue weighted by atomic mass is 9.94. The normalized spacial score (nSPS) is 11.6. The van der Waals surface area contributed by atoms with E-state index in [9.17, 15) is 0 Å². The van der Waals surface area contributed by atoms with Crippen LogP contribution in [0.15, 0.2) is 16.6 Å². The fraction of sp³-hybridized carbons (Fsp3) is 0.455. The molecule has 0 aromatic heterocycles. The van der Waals surface area contributed by atoms with Gasteiger partial charge in [0.1, 0.15) is 5.75 Å². The lowest BCUT2D eigenvalue weighted by molar-refractivity contribution is 0.393. The lowest BCUT2D eigenvalue weighted by Crippen LogP contribution is -2.29. The average molecular weight is 258 g/mol. The van der Waals surface area contributed by atoms with Crippen LogP contribution in [0.5, 0.6) is 5.75 Å². The van der Waals surface area contributed by atoms with Crippen LogP contribution in [0.2, 0.25) is 0 Å². The van der Waals surface area contributed by atoms with E-state index in [1.165, 1.54) is 0 Å². The second kappa shape index (κ2) is 3.91. The molecule has 1 rings (SSSR count). The number of rotatable bonds is 2. The van der Waals surface area contributed by atoms with Gasteiger partial charge >= 0.3 is 0 Å². The number of hydrogen-bond donors (Lipinski definition) is 1. The maximum atomic E-state index is 6.07. The van der Waals surface area contributed by atoms with Crippen LogP contribution in [0.4, 0.5) is 0 Å². The SMILES string of the molecule is COc1cc(C)cc(Br)c1C(C)(C)N. The van der Waals surface area contributed by atoms with Crippen LogP contribution in [0.25, 0.3) is 0 Å². The van der Waals surface area contributed by atoms with Crippen LogP contribution in [0, 0.1) is 6.92 Å². The van der Waals surface area contributed by atoms with Gasteiger partial charge in [-0.3, -0.25) is 0 Å². The van der Waals surface area contributed by atoms with E-state index >= 15 is 0 Å². The molecule has 0 aliphatic rings. The number of benzene rings is 1. The molecule has 0 amide bonds. The smallest absolute Gasteiger partial charge is 0.125 e. The first-order chi connectivity index (χ1) is 6.36. The van der Waals surface area contributed by atoms with E-state index in [0.717, 1.165) is 21.3 Å². The monoisotopic (exact) mass is 257 g/mol. The van der Waals surface area contributed by atoms with Crippen molar-refractivity contribution in [3.8, 4) is 5.75 Å². The molecule has 0 spiro atoms. The first-order valence-corrected chi connectivity index (χ1v) is 5.29. The number of ether oxygens (including phenoxy) is 1. The summed E-state index contributed by atoms with van der Waals surface area (Å²) in [6.07, 6.45) is 0. The van der Waals surface area contributed by atoms with Crippen LogP contribution < -0.4 is 10.5 Å². The van der Waals surface area contributed by atoms with Crippen LogP contribution in [0.3, 0.4) is 0 Å². The van der Waals surface area contributed by atoms with Crippen molar-refractivity contribution < 1.29 is 4.74 Å². The molecular weight excluding hydrogens is 242 g/mol. The molecule has 0 saturated carbocycles. The Kier molecular flexibility index (Phi) is 3.22. The topological polar surface area (TPSA) is 35.2 Å². The lowest BCUT2D eigenvalue weighted by Gasteiger charge is -2.24. The summed E-state index contributed by atoms with van der Waals surface area (Å²) in [6.45, 7) is 5.95. The number of hydrogen-bond acceptors (Lipinski definition) is 2. The fourth-order valence-electron chi connectivity index (χ4n) is 1.50. The third kappa shape index (κ3) is 2.28. The van der Waals surface area contributed by atoms with E-state index in [2.05, 4.69) is 15.9 Å². The van der Waals surface area contributed by atoms with Crippen molar-refractivity contribution in [2.75, 3.05) is 7.11 Å². The van der Waals surface area contributed by atoms with Crippen molar-refractivity contribution >= 4 is 15.9 Å². The number of nitrogens with two attached hydrogens (primary N) is 1. The van der Waals surface area contributed by atoms with E-state index in [1.807, 2.05) is 32.9 Å². The van der Waals surface area contributed by atoms with Crippen LogP contribution in [0.1, 0.15) is 25.0 Å². The quantitative estimate of drug-likeness (QED) is 0.885. The minimum Gasteiger partial charge on any atom is -0.496 e. The van der Waals surface area contributed by atoms with Gasteiger partial charge in [-0.15, -0.1) is 0 Å². The molecule has 1 aromatic carbocycles. The molecule has 0 radical (unpaired) electrons. The Hall–Kier alpha value is -0.540. The molecule has 0 aliphatic carbocycles. The maximum absolute atomic E-state index is 6.07. The van der Waals surface area contributed by atoms with Crippen LogP contribution >= 0.6 is 15.9 Å². The number of methoxy groups -OCH3 is 1. The Balaban J connectivity index is 3.40. The summed E-state index contributed by atoms with van der Waals surface area (Å²) in [5.74, 6) is 0.837. The zero-order valence-electron chi connectivity index (χ0n) is 9.02. The Bertz CT molecular complexity index is 342. The van der Waals surface area contributed by atoms with Crippen molar-refractivity contribution in [3.05, 3.63) is 27.7 Å². The Morgan fingerprint density at radius 3 is 2.36 bits per heavy atom. The largest absolute Gasteiger partial charge is 0.496 e. The molecule has 0 atom stereocenters. The van der Waals surface area contributed by atoms with Gasteiger partial charge in [0.15, 0.2) is 0 Å². The Morgan fingerprint density at radius 1 is 1.36 bits per heavy atom. The highest BCUT2D eigenvalue weighted by atomic mass is 79.9. The van der Waals surface area contributed by atoms with E-state index in [-0.39, 0.29) is 0 Å². The predicted octanol–water partition coefficient (Wildman–Crippen LogP) is 2.96. The summed E-state index contributed by atoms with van der Waals surface area (Å²) >= 11 is 3.51. The third-order valence-electron chi connectivity index (χ3n) is 2.06. The van der Waals surface area contributed by atoms with Gasteiger partial charge in [-0.05, 0) is 38.5 Å². The van der Waals surface area contributed by atoms with Crippen molar-refractivity contribution in [2.24, 2.45) is 5.73 Å².